The first-order chi connectivity index (χ1) is 13.0. The maximum atomic E-state index is 12.2. The van der Waals surface area contributed by atoms with Crippen LogP contribution in [-0.4, -0.2) is 28.1 Å². The Labute approximate surface area is 157 Å². The molecular formula is C20H22N4O3. The van der Waals surface area contributed by atoms with E-state index in [4.69, 9.17) is 4.42 Å². The Morgan fingerprint density at radius 1 is 1.11 bits per heavy atom. The van der Waals surface area contributed by atoms with Crippen molar-refractivity contribution < 1.29 is 14.0 Å². The van der Waals surface area contributed by atoms with E-state index in [9.17, 15) is 9.59 Å². The average Bonchev–Trinajstić information content (AvgIpc) is 3.29. The molecule has 3 aromatic rings. The van der Waals surface area contributed by atoms with Crippen molar-refractivity contribution in [3.63, 3.8) is 0 Å². The number of nitrogens with zero attached hydrogens (tertiary/aromatic N) is 2. The molecule has 0 saturated heterocycles. The fraction of sp³-hybridized carbons (Fsp3) is 0.250. The summed E-state index contributed by atoms with van der Waals surface area (Å²) in [5.41, 5.74) is 3.25. The van der Waals surface area contributed by atoms with Crippen molar-refractivity contribution >= 4 is 17.5 Å². The third kappa shape index (κ3) is 4.84. The first-order valence-corrected chi connectivity index (χ1v) is 8.77. The van der Waals surface area contributed by atoms with Crippen molar-refractivity contribution in [3.05, 3.63) is 71.4 Å². The summed E-state index contributed by atoms with van der Waals surface area (Å²) in [6.07, 6.45) is 2.24. The number of benzene rings is 1. The molecule has 0 atom stereocenters. The van der Waals surface area contributed by atoms with E-state index in [1.807, 2.05) is 24.6 Å². The molecule has 2 heterocycles. The Hall–Kier alpha value is -3.35. The van der Waals surface area contributed by atoms with Crippen LogP contribution in [0.15, 0.2) is 53.1 Å². The van der Waals surface area contributed by atoms with Crippen molar-refractivity contribution in [1.82, 2.24) is 15.1 Å². The van der Waals surface area contributed by atoms with Gasteiger partial charge in [0.15, 0.2) is 5.76 Å². The molecule has 2 amide bonds. The van der Waals surface area contributed by atoms with Gasteiger partial charge < -0.3 is 15.1 Å². The third-order valence-corrected chi connectivity index (χ3v) is 4.09. The fourth-order valence-corrected chi connectivity index (χ4v) is 2.74. The molecule has 27 heavy (non-hydrogen) atoms. The SMILES string of the molecule is Cc1cc(C)n(CCCNC(=O)c2ccc(NC(=O)c3ccco3)cc2)n1. The van der Waals surface area contributed by atoms with Gasteiger partial charge in [-0.15, -0.1) is 0 Å². The summed E-state index contributed by atoms with van der Waals surface area (Å²) in [7, 11) is 0. The second kappa shape index (κ2) is 8.35. The summed E-state index contributed by atoms with van der Waals surface area (Å²) < 4.78 is 6.99. The van der Waals surface area contributed by atoms with E-state index in [1.54, 1.807) is 36.4 Å². The number of hydrogen-bond acceptors (Lipinski definition) is 4. The van der Waals surface area contributed by atoms with Gasteiger partial charge in [0.1, 0.15) is 0 Å². The standard InChI is InChI=1S/C20H22N4O3/c1-14-13-15(2)24(23-14)11-4-10-21-19(25)16-6-8-17(9-7-16)22-20(26)18-5-3-12-27-18/h3,5-9,12-13H,4,10-11H2,1-2H3,(H,21,25)(H,22,26). The lowest BCUT2D eigenvalue weighted by Gasteiger charge is -2.08. The van der Waals surface area contributed by atoms with E-state index in [-0.39, 0.29) is 17.6 Å². The van der Waals surface area contributed by atoms with Gasteiger partial charge in [-0.25, -0.2) is 0 Å². The number of aryl methyl sites for hydroxylation is 3. The summed E-state index contributed by atoms with van der Waals surface area (Å²) in [5.74, 6) is -0.243. The minimum atomic E-state index is -0.332. The molecule has 7 heteroatoms. The Morgan fingerprint density at radius 2 is 1.89 bits per heavy atom. The quantitative estimate of drug-likeness (QED) is 0.629. The monoisotopic (exact) mass is 366 g/mol. The zero-order chi connectivity index (χ0) is 19.2. The smallest absolute Gasteiger partial charge is 0.291 e. The van der Waals surface area contributed by atoms with Crippen LogP contribution in [0.25, 0.3) is 0 Å². The molecule has 0 aliphatic heterocycles. The molecule has 140 valence electrons. The molecule has 0 unspecified atom stereocenters. The summed E-state index contributed by atoms with van der Waals surface area (Å²) in [4.78, 5) is 24.1. The highest BCUT2D eigenvalue weighted by Gasteiger charge is 2.10. The first-order valence-electron chi connectivity index (χ1n) is 8.77. The van der Waals surface area contributed by atoms with E-state index in [0.29, 0.717) is 17.8 Å². The maximum Gasteiger partial charge on any atom is 0.291 e. The summed E-state index contributed by atoms with van der Waals surface area (Å²) in [6.45, 7) is 5.31. The van der Waals surface area contributed by atoms with Crippen LogP contribution in [0, 0.1) is 13.8 Å². The minimum Gasteiger partial charge on any atom is -0.459 e. The van der Waals surface area contributed by atoms with Gasteiger partial charge in [0.2, 0.25) is 0 Å². The zero-order valence-corrected chi connectivity index (χ0v) is 15.4. The maximum absolute atomic E-state index is 12.2. The van der Waals surface area contributed by atoms with Crippen LogP contribution in [0.4, 0.5) is 5.69 Å². The number of furan rings is 1. The number of carbonyl (C=O) groups excluding carboxylic acids is 2. The van der Waals surface area contributed by atoms with E-state index in [0.717, 1.165) is 24.4 Å². The highest BCUT2D eigenvalue weighted by atomic mass is 16.3. The molecule has 0 spiro atoms. The highest BCUT2D eigenvalue weighted by Crippen LogP contribution is 2.12. The van der Waals surface area contributed by atoms with Crippen LogP contribution in [0.2, 0.25) is 0 Å². The summed E-state index contributed by atoms with van der Waals surface area (Å²) in [6, 6.07) is 12.0. The molecule has 0 aliphatic rings. The highest BCUT2D eigenvalue weighted by molar-refractivity contribution is 6.02. The van der Waals surface area contributed by atoms with E-state index < -0.39 is 0 Å². The molecular weight excluding hydrogens is 344 g/mol. The van der Waals surface area contributed by atoms with E-state index in [2.05, 4.69) is 15.7 Å². The Morgan fingerprint density at radius 3 is 2.52 bits per heavy atom. The van der Waals surface area contributed by atoms with Crippen LogP contribution >= 0.6 is 0 Å². The number of nitrogens with one attached hydrogen (secondary N) is 2. The van der Waals surface area contributed by atoms with Crippen molar-refractivity contribution in [2.45, 2.75) is 26.8 Å². The van der Waals surface area contributed by atoms with Crippen LogP contribution in [0.1, 0.15) is 38.7 Å². The van der Waals surface area contributed by atoms with Crippen molar-refractivity contribution in [2.24, 2.45) is 0 Å². The van der Waals surface area contributed by atoms with Gasteiger partial charge in [-0.05, 0) is 62.7 Å². The number of anilines is 1. The number of rotatable bonds is 7. The predicted molar refractivity (Wildman–Crippen MR) is 102 cm³/mol. The normalized spacial score (nSPS) is 10.6. The predicted octanol–water partition coefficient (Wildman–Crippen LogP) is 3.17. The van der Waals surface area contributed by atoms with Gasteiger partial charge >= 0.3 is 0 Å². The Balaban J connectivity index is 1.46. The van der Waals surface area contributed by atoms with Gasteiger partial charge in [-0.2, -0.15) is 5.10 Å². The van der Waals surface area contributed by atoms with Crippen LogP contribution in [0.5, 0.6) is 0 Å². The van der Waals surface area contributed by atoms with Gasteiger partial charge in [0.25, 0.3) is 11.8 Å². The molecule has 7 nitrogen and oxygen atoms in total. The van der Waals surface area contributed by atoms with E-state index >= 15 is 0 Å². The first kappa shape index (κ1) is 18.4. The number of hydrogen-bond donors (Lipinski definition) is 2. The van der Waals surface area contributed by atoms with Crippen LogP contribution in [0.3, 0.4) is 0 Å². The lowest BCUT2D eigenvalue weighted by atomic mass is 10.2. The molecule has 2 aromatic heterocycles. The number of amides is 2. The molecule has 3 rings (SSSR count). The van der Waals surface area contributed by atoms with Crippen molar-refractivity contribution in [2.75, 3.05) is 11.9 Å². The second-order valence-corrected chi connectivity index (χ2v) is 6.27. The molecule has 0 fully saturated rings. The number of aromatic nitrogens is 2. The fourth-order valence-electron chi connectivity index (χ4n) is 2.74. The topological polar surface area (TPSA) is 89.2 Å². The van der Waals surface area contributed by atoms with Gasteiger partial charge in [0, 0.05) is 30.0 Å². The van der Waals surface area contributed by atoms with Crippen LogP contribution < -0.4 is 10.6 Å². The molecule has 0 bridgehead atoms. The molecule has 2 N–H and O–H groups in total. The van der Waals surface area contributed by atoms with Gasteiger partial charge in [-0.3, -0.25) is 14.3 Å². The average molecular weight is 366 g/mol. The van der Waals surface area contributed by atoms with Gasteiger partial charge in [0.05, 0.1) is 12.0 Å². The second-order valence-electron chi connectivity index (χ2n) is 6.27. The molecule has 0 radical (unpaired) electrons. The van der Waals surface area contributed by atoms with Gasteiger partial charge in [-0.1, -0.05) is 0 Å². The van der Waals surface area contributed by atoms with Crippen molar-refractivity contribution in [3.8, 4) is 0 Å². The minimum absolute atomic E-state index is 0.146. The largest absolute Gasteiger partial charge is 0.459 e. The lowest BCUT2D eigenvalue weighted by molar-refractivity contribution is 0.0951. The zero-order valence-electron chi connectivity index (χ0n) is 15.4. The molecule has 0 saturated carbocycles. The summed E-state index contributed by atoms with van der Waals surface area (Å²) >= 11 is 0. The Kier molecular flexibility index (Phi) is 5.71. The molecule has 1 aromatic carbocycles. The lowest BCUT2D eigenvalue weighted by Crippen LogP contribution is -2.25. The van der Waals surface area contributed by atoms with Crippen LogP contribution in [-0.2, 0) is 6.54 Å². The molecule has 0 aliphatic carbocycles. The third-order valence-electron chi connectivity index (χ3n) is 4.09. The summed E-state index contributed by atoms with van der Waals surface area (Å²) in [5, 5.41) is 10.0. The number of carbonyl (C=O) groups is 2. The van der Waals surface area contributed by atoms with Crippen molar-refractivity contribution in [1.29, 1.82) is 0 Å². The van der Waals surface area contributed by atoms with E-state index in [1.165, 1.54) is 6.26 Å². The Bertz CT molecular complexity index is 911.